The Labute approximate surface area is 158 Å². The van der Waals surface area contributed by atoms with Gasteiger partial charge in [-0.2, -0.15) is 0 Å². The fourth-order valence-corrected chi connectivity index (χ4v) is 2.94. The Kier molecular flexibility index (Phi) is 5.17. The molecule has 4 nitrogen and oxygen atoms in total. The SMILES string of the molecule is CC(NCc1ccc(OCc2ccncc2)cc1)c1cc2ccccc2o1. The lowest BCUT2D eigenvalue weighted by Gasteiger charge is -2.12. The van der Waals surface area contributed by atoms with Gasteiger partial charge in [0, 0.05) is 24.3 Å². The van der Waals surface area contributed by atoms with Gasteiger partial charge in [0.2, 0.25) is 0 Å². The van der Waals surface area contributed by atoms with E-state index in [2.05, 4.69) is 41.5 Å². The van der Waals surface area contributed by atoms with E-state index in [0.29, 0.717) is 6.61 Å². The van der Waals surface area contributed by atoms with E-state index in [1.54, 1.807) is 12.4 Å². The molecule has 4 rings (SSSR count). The fourth-order valence-electron chi connectivity index (χ4n) is 2.94. The molecule has 2 heterocycles. The van der Waals surface area contributed by atoms with Crippen molar-refractivity contribution in [1.82, 2.24) is 10.3 Å². The lowest BCUT2D eigenvalue weighted by atomic mass is 10.2. The highest BCUT2D eigenvalue weighted by Crippen LogP contribution is 2.24. The van der Waals surface area contributed by atoms with E-state index in [1.807, 2.05) is 42.5 Å². The molecule has 0 saturated heterocycles. The minimum absolute atomic E-state index is 0.139. The van der Waals surface area contributed by atoms with E-state index in [0.717, 1.165) is 34.6 Å². The predicted octanol–water partition coefficient (Wildman–Crippen LogP) is 5.26. The van der Waals surface area contributed by atoms with Crippen LogP contribution in [0.2, 0.25) is 0 Å². The summed E-state index contributed by atoms with van der Waals surface area (Å²) in [5.74, 6) is 1.81. The van der Waals surface area contributed by atoms with Crippen molar-refractivity contribution in [2.45, 2.75) is 26.1 Å². The number of para-hydroxylation sites is 1. The zero-order chi connectivity index (χ0) is 18.5. The quantitative estimate of drug-likeness (QED) is 0.490. The van der Waals surface area contributed by atoms with Gasteiger partial charge in [-0.05, 0) is 54.4 Å². The van der Waals surface area contributed by atoms with Crippen molar-refractivity contribution in [2.24, 2.45) is 0 Å². The molecule has 0 saturated carbocycles. The normalized spacial score (nSPS) is 12.2. The van der Waals surface area contributed by atoms with E-state index >= 15 is 0 Å². The van der Waals surface area contributed by atoms with E-state index < -0.39 is 0 Å². The molecule has 2 aromatic heterocycles. The Morgan fingerprint density at radius 2 is 1.74 bits per heavy atom. The number of benzene rings is 2. The van der Waals surface area contributed by atoms with Crippen LogP contribution in [0.5, 0.6) is 5.75 Å². The number of rotatable bonds is 7. The van der Waals surface area contributed by atoms with Gasteiger partial charge in [-0.1, -0.05) is 30.3 Å². The molecule has 0 radical (unpaired) electrons. The summed E-state index contributed by atoms with van der Waals surface area (Å²) in [5.41, 5.74) is 3.24. The Morgan fingerprint density at radius 3 is 2.52 bits per heavy atom. The predicted molar refractivity (Wildman–Crippen MR) is 106 cm³/mol. The molecule has 4 heteroatoms. The van der Waals surface area contributed by atoms with Crippen LogP contribution < -0.4 is 10.1 Å². The van der Waals surface area contributed by atoms with Gasteiger partial charge in [-0.3, -0.25) is 4.98 Å². The van der Waals surface area contributed by atoms with Crippen molar-refractivity contribution >= 4 is 11.0 Å². The first kappa shape index (κ1) is 17.3. The van der Waals surface area contributed by atoms with Crippen LogP contribution in [0, 0.1) is 0 Å². The third kappa shape index (κ3) is 4.36. The molecule has 27 heavy (non-hydrogen) atoms. The van der Waals surface area contributed by atoms with Gasteiger partial charge in [-0.15, -0.1) is 0 Å². The third-order valence-corrected chi connectivity index (χ3v) is 4.56. The molecule has 0 amide bonds. The van der Waals surface area contributed by atoms with Crippen LogP contribution in [-0.2, 0) is 13.2 Å². The molecule has 0 bridgehead atoms. The number of pyridine rings is 1. The number of hydrogen-bond donors (Lipinski definition) is 1. The van der Waals surface area contributed by atoms with Gasteiger partial charge in [-0.25, -0.2) is 0 Å². The first-order chi connectivity index (χ1) is 13.3. The lowest BCUT2D eigenvalue weighted by Crippen LogP contribution is -2.17. The number of furan rings is 1. The second kappa shape index (κ2) is 8.06. The third-order valence-electron chi connectivity index (χ3n) is 4.56. The summed E-state index contributed by atoms with van der Waals surface area (Å²) in [6, 6.07) is 22.4. The minimum Gasteiger partial charge on any atom is -0.489 e. The van der Waals surface area contributed by atoms with Crippen LogP contribution in [0.1, 0.15) is 29.9 Å². The number of nitrogens with zero attached hydrogens (tertiary/aromatic N) is 1. The van der Waals surface area contributed by atoms with Crippen molar-refractivity contribution in [2.75, 3.05) is 0 Å². The van der Waals surface area contributed by atoms with Crippen LogP contribution in [0.4, 0.5) is 0 Å². The summed E-state index contributed by atoms with van der Waals surface area (Å²) in [7, 11) is 0. The molecule has 0 aliphatic rings. The van der Waals surface area contributed by atoms with Gasteiger partial charge in [0.15, 0.2) is 0 Å². The summed E-state index contributed by atoms with van der Waals surface area (Å²) in [5, 5.41) is 4.65. The zero-order valence-electron chi connectivity index (χ0n) is 15.3. The van der Waals surface area contributed by atoms with E-state index in [1.165, 1.54) is 5.56 Å². The number of nitrogens with one attached hydrogen (secondary N) is 1. The van der Waals surface area contributed by atoms with Crippen molar-refractivity contribution in [1.29, 1.82) is 0 Å². The molecule has 0 spiro atoms. The molecular formula is C23H22N2O2. The number of aromatic nitrogens is 1. The van der Waals surface area contributed by atoms with Crippen molar-refractivity contribution < 1.29 is 9.15 Å². The first-order valence-corrected chi connectivity index (χ1v) is 9.10. The van der Waals surface area contributed by atoms with Crippen LogP contribution in [0.25, 0.3) is 11.0 Å². The van der Waals surface area contributed by atoms with E-state index in [4.69, 9.17) is 9.15 Å². The molecule has 1 unspecified atom stereocenters. The Bertz CT molecular complexity index is 961. The maximum atomic E-state index is 5.92. The number of fused-ring (bicyclic) bond motifs is 1. The molecule has 136 valence electrons. The van der Waals surface area contributed by atoms with Gasteiger partial charge in [0.05, 0.1) is 6.04 Å². The Morgan fingerprint density at radius 1 is 0.963 bits per heavy atom. The van der Waals surface area contributed by atoms with Gasteiger partial charge in [0.25, 0.3) is 0 Å². The Balaban J connectivity index is 1.31. The van der Waals surface area contributed by atoms with Crippen LogP contribution in [0.3, 0.4) is 0 Å². The van der Waals surface area contributed by atoms with Crippen LogP contribution in [-0.4, -0.2) is 4.98 Å². The summed E-state index contributed by atoms with van der Waals surface area (Å²) in [6.45, 7) is 3.43. The van der Waals surface area contributed by atoms with E-state index in [9.17, 15) is 0 Å². The minimum atomic E-state index is 0.139. The highest BCUT2D eigenvalue weighted by atomic mass is 16.5. The number of hydrogen-bond acceptors (Lipinski definition) is 4. The molecule has 1 atom stereocenters. The maximum absolute atomic E-state index is 5.92. The fraction of sp³-hybridized carbons (Fsp3) is 0.174. The molecular weight excluding hydrogens is 336 g/mol. The molecule has 4 aromatic rings. The van der Waals surface area contributed by atoms with Crippen molar-refractivity contribution in [3.05, 3.63) is 96.0 Å². The van der Waals surface area contributed by atoms with Gasteiger partial charge >= 0.3 is 0 Å². The zero-order valence-corrected chi connectivity index (χ0v) is 15.3. The largest absolute Gasteiger partial charge is 0.489 e. The van der Waals surface area contributed by atoms with Crippen molar-refractivity contribution in [3.8, 4) is 5.75 Å². The molecule has 1 N–H and O–H groups in total. The van der Waals surface area contributed by atoms with Crippen molar-refractivity contribution in [3.63, 3.8) is 0 Å². The summed E-state index contributed by atoms with van der Waals surface area (Å²) < 4.78 is 11.7. The first-order valence-electron chi connectivity index (χ1n) is 9.10. The lowest BCUT2D eigenvalue weighted by molar-refractivity contribution is 0.306. The summed E-state index contributed by atoms with van der Waals surface area (Å²) in [4.78, 5) is 4.01. The molecule has 2 aromatic carbocycles. The Hall–Kier alpha value is -3.11. The summed E-state index contributed by atoms with van der Waals surface area (Å²) in [6.07, 6.45) is 3.55. The molecule has 0 aliphatic carbocycles. The number of ether oxygens (including phenoxy) is 1. The molecule has 0 fully saturated rings. The second-order valence-corrected chi connectivity index (χ2v) is 6.58. The standard InChI is InChI=1S/C23H22N2O2/c1-17(23-14-20-4-2-3-5-22(20)27-23)25-15-18-6-8-21(9-7-18)26-16-19-10-12-24-13-11-19/h2-14,17,25H,15-16H2,1H3. The maximum Gasteiger partial charge on any atom is 0.134 e. The van der Waals surface area contributed by atoms with E-state index in [-0.39, 0.29) is 6.04 Å². The highest BCUT2D eigenvalue weighted by Gasteiger charge is 2.10. The average Bonchev–Trinajstić information content (AvgIpc) is 3.16. The average molecular weight is 358 g/mol. The highest BCUT2D eigenvalue weighted by molar-refractivity contribution is 5.77. The van der Waals surface area contributed by atoms with Crippen LogP contribution >= 0.6 is 0 Å². The monoisotopic (exact) mass is 358 g/mol. The topological polar surface area (TPSA) is 47.3 Å². The second-order valence-electron chi connectivity index (χ2n) is 6.58. The van der Waals surface area contributed by atoms with Gasteiger partial charge in [0.1, 0.15) is 23.7 Å². The molecule has 0 aliphatic heterocycles. The van der Waals surface area contributed by atoms with Gasteiger partial charge < -0.3 is 14.5 Å². The van der Waals surface area contributed by atoms with Crippen LogP contribution in [0.15, 0.2) is 83.5 Å². The summed E-state index contributed by atoms with van der Waals surface area (Å²) >= 11 is 0. The smallest absolute Gasteiger partial charge is 0.134 e.